The number of benzene rings is 2. The van der Waals surface area contributed by atoms with E-state index in [0.29, 0.717) is 11.3 Å². The third kappa shape index (κ3) is 2.02. The van der Waals surface area contributed by atoms with E-state index in [2.05, 4.69) is 0 Å². The highest BCUT2D eigenvalue weighted by Crippen LogP contribution is 2.31. The molecule has 2 nitrogen and oxygen atoms in total. The highest BCUT2D eigenvalue weighted by atomic mass is 32.1. The summed E-state index contributed by atoms with van der Waals surface area (Å²) in [6.45, 7) is 0. The molecule has 0 N–H and O–H groups in total. The zero-order valence-electron chi connectivity index (χ0n) is 10.4. The molecule has 0 atom stereocenters. The van der Waals surface area contributed by atoms with E-state index in [1.165, 1.54) is 11.3 Å². The van der Waals surface area contributed by atoms with E-state index in [4.69, 9.17) is 4.74 Å². The van der Waals surface area contributed by atoms with E-state index >= 15 is 0 Å². The summed E-state index contributed by atoms with van der Waals surface area (Å²) in [5.41, 5.74) is 0.642. The van der Waals surface area contributed by atoms with E-state index in [9.17, 15) is 4.79 Å². The summed E-state index contributed by atoms with van der Waals surface area (Å²) in [6.07, 6.45) is 0. The molecule has 19 heavy (non-hydrogen) atoms. The summed E-state index contributed by atoms with van der Waals surface area (Å²) >= 11 is 1.45. The number of ketones is 1. The minimum Gasteiger partial charge on any atom is -0.496 e. The molecule has 0 radical (unpaired) electrons. The van der Waals surface area contributed by atoms with E-state index < -0.39 is 0 Å². The van der Waals surface area contributed by atoms with Gasteiger partial charge in [-0.2, -0.15) is 0 Å². The van der Waals surface area contributed by atoms with Gasteiger partial charge >= 0.3 is 0 Å². The van der Waals surface area contributed by atoms with Gasteiger partial charge in [0.15, 0.2) is 0 Å². The van der Waals surface area contributed by atoms with Gasteiger partial charge in [0.2, 0.25) is 5.78 Å². The maximum atomic E-state index is 12.6. The van der Waals surface area contributed by atoms with Gasteiger partial charge in [-0.1, -0.05) is 36.4 Å². The molecule has 1 aromatic heterocycles. The van der Waals surface area contributed by atoms with E-state index in [-0.39, 0.29) is 5.78 Å². The summed E-state index contributed by atoms with van der Waals surface area (Å²) in [4.78, 5) is 13.4. The van der Waals surface area contributed by atoms with Crippen LogP contribution in [0.4, 0.5) is 0 Å². The van der Waals surface area contributed by atoms with Crippen LogP contribution in [0.25, 0.3) is 10.8 Å². The van der Waals surface area contributed by atoms with Crippen molar-refractivity contribution >= 4 is 27.9 Å². The number of fused-ring (bicyclic) bond motifs is 1. The maximum absolute atomic E-state index is 12.6. The average molecular weight is 268 g/mol. The fourth-order valence-corrected chi connectivity index (χ4v) is 2.86. The Bertz CT molecular complexity index is 730. The second kappa shape index (κ2) is 4.86. The predicted molar refractivity (Wildman–Crippen MR) is 78.3 cm³/mol. The first-order valence-corrected chi connectivity index (χ1v) is 6.83. The summed E-state index contributed by atoms with van der Waals surface area (Å²) in [5, 5.41) is 3.88. The van der Waals surface area contributed by atoms with Gasteiger partial charge in [-0.05, 0) is 28.3 Å². The van der Waals surface area contributed by atoms with Crippen molar-refractivity contribution in [2.24, 2.45) is 0 Å². The number of carbonyl (C=O) groups is 1. The van der Waals surface area contributed by atoms with Crippen LogP contribution in [0.2, 0.25) is 0 Å². The smallest absolute Gasteiger partial charge is 0.207 e. The van der Waals surface area contributed by atoms with Crippen molar-refractivity contribution in [2.45, 2.75) is 0 Å². The fraction of sp³-hybridized carbons (Fsp3) is 0.0625. The lowest BCUT2D eigenvalue weighted by atomic mass is 9.99. The van der Waals surface area contributed by atoms with Crippen LogP contribution in [0.3, 0.4) is 0 Å². The van der Waals surface area contributed by atoms with Crippen molar-refractivity contribution in [3.8, 4) is 5.75 Å². The number of methoxy groups -OCH3 is 1. The molecular weight excluding hydrogens is 256 g/mol. The largest absolute Gasteiger partial charge is 0.496 e. The molecule has 3 aromatic rings. The molecule has 0 aliphatic carbocycles. The Labute approximate surface area is 115 Å². The topological polar surface area (TPSA) is 26.3 Å². The molecule has 0 saturated carbocycles. The van der Waals surface area contributed by atoms with Crippen LogP contribution < -0.4 is 4.74 Å². The Morgan fingerprint density at radius 2 is 1.89 bits per heavy atom. The fourth-order valence-electron chi connectivity index (χ4n) is 2.19. The molecule has 3 rings (SSSR count). The second-order valence-electron chi connectivity index (χ2n) is 4.17. The first-order valence-electron chi connectivity index (χ1n) is 5.95. The van der Waals surface area contributed by atoms with Gasteiger partial charge in [-0.3, -0.25) is 4.79 Å². The van der Waals surface area contributed by atoms with Crippen LogP contribution in [-0.4, -0.2) is 12.9 Å². The summed E-state index contributed by atoms with van der Waals surface area (Å²) < 4.78 is 5.36. The van der Waals surface area contributed by atoms with Crippen LogP contribution >= 0.6 is 11.3 Å². The molecule has 0 spiro atoms. The van der Waals surface area contributed by atoms with Gasteiger partial charge in [-0.25, -0.2) is 0 Å². The molecule has 0 fully saturated rings. The number of hydrogen-bond donors (Lipinski definition) is 0. The zero-order valence-corrected chi connectivity index (χ0v) is 11.2. The Balaban J connectivity index is 2.28. The van der Waals surface area contributed by atoms with Crippen molar-refractivity contribution in [2.75, 3.05) is 7.11 Å². The molecule has 3 heteroatoms. The third-order valence-corrected chi connectivity index (χ3v) is 3.95. The molecule has 0 aliphatic heterocycles. The highest BCUT2D eigenvalue weighted by molar-refractivity contribution is 7.12. The SMILES string of the molecule is COc1ccc2ccccc2c1C(=O)c1cccs1. The van der Waals surface area contributed by atoms with Crippen molar-refractivity contribution < 1.29 is 9.53 Å². The second-order valence-corrected chi connectivity index (χ2v) is 5.12. The molecule has 2 aromatic carbocycles. The number of thiophene rings is 1. The number of rotatable bonds is 3. The molecular formula is C16H12O2S. The quantitative estimate of drug-likeness (QED) is 0.667. The van der Waals surface area contributed by atoms with Gasteiger partial charge in [-0.15, -0.1) is 11.3 Å². The lowest BCUT2D eigenvalue weighted by Crippen LogP contribution is -2.03. The van der Waals surface area contributed by atoms with E-state index in [1.54, 1.807) is 7.11 Å². The molecule has 1 heterocycles. The molecule has 0 aliphatic rings. The summed E-state index contributed by atoms with van der Waals surface area (Å²) in [7, 11) is 1.59. The van der Waals surface area contributed by atoms with Gasteiger partial charge in [0.05, 0.1) is 17.6 Å². The zero-order chi connectivity index (χ0) is 13.2. The summed E-state index contributed by atoms with van der Waals surface area (Å²) in [5.74, 6) is 0.640. The monoisotopic (exact) mass is 268 g/mol. The Hall–Kier alpha value is -2.13. The number of carbonyl (C=O) groups excluding carboxylic acids is 1. The van der Waals surface area contributed by atoms with Crippen molar-refractivity contribution in [1.29, 1.82) is 0 Å². The van der Waals surface area contributed by atoms with Gasteiger partial charge in [0.25, 0.3) is 0 Å². The number of hydrogen-bond acceptors (Lipinski definition) is 3. The average Bonchev–Trinajstić information content (AvgIpc) is 2.99. The van der Waals surface area contributed by atoms with Crippen LogP contribution in [0.15, 0.2) is 53.9 Å². The highest BCUT2D eigenvalue weighted by Gasteiger charge is 2.18. The molecule has 0 unspecified atom stereocenters. The van der Waals surface area contributed by atoms with Gasteiger partial charge in [0, 0.05) is 0 Å². The minimum atomic E-state index is 0.0173. The first kappa shape index (κ1) is 11.9. The van der Waals surface area contributed by atoms with Crippen molar-refractivity contribution in [1.82, 2.24) is 0 Å². The Morgan fingerprint density at radius 1 is 1.05 bits per heavy atom. The van der Waals surface area contributed by atoms with Crippen LogP contribution in [-0.2, 0) is 0 Å². The lowest BCUT2D eigenvalue weighted by Gasteiger charge is -2.10. The third-order valence-electron chi connectivity index (χ3n) is 3.08. The van der Waals surface area contributed by atoms with Crippen molar-refractivity contribution in [3.63, 3.8) is 0 Å². The molecule has 94 valence electrons. The van der Waals surface area contributed by atoms with E-state index in [1.807, 2.05) is 53.9 Å². The normalized spacial score (nSPS) is 10.6. The maximum Gasteiger partial charge on any atom is 0.207 e. The number of ether oxygens (including phenoxy) is 1. The van der Waals surface area contributed by atoms with Crippen LogP contribution in [0, 0.1) is 0 Å². The van der Waals surface area contributed by atoms with Gasteiger partial charge < -0.3 is 4.74 Å². The Morgan fingerprint density at radius 3 is 2.63 bits per heavy atom. The standard InChI is InChI=1S/C16H12O2S/c1-18-13-9-8-11-5-2-3-6-12(11)15(13)16(17)14-7-4-10-19-14/h2-10H,1H3. The molecule has 0 amide bonds. The minimum absolute atomic E-state index is 0.0173. The summed E-state index contributed by atoms with van der Waals surface area (Å²) in [6, 6.07) is 15.4. The molecule has 0 bridgehead atoms. The lowest BCUT2D eigenvalue weighted by molar-refractivity contribution is 0.104. The van der Waals surface area contributed by atoms with Gasteiger partial charge in [0.1, 0.15) is 5.75 Å². The van der Waals surface area contributed by atoms with Crippen LogP contribution in [0.5, 0.6) is 5.75 Å². The first-order chi connectivity index (χ1) is 9.31. The Kier molecular flexibility index (Phi) is 3.05. The molecule has 0 saturated heterocycles. The van der Waals surface area contributed by atoms with Crippen molar-refractivity contribution in [3.05, 3.63) is 64.4 Å². The van der Waals surface area contributed by atoms with Crippen LogP contribution in [0.1, 0.15) is 15.2 Å². The van der Waals surface area contributed by atoms with E-state index in [0.717, 1.165) is 15.6 Å². The predicted octanol–water partition coefficient (Wildman–Crippen LogP) is 4.14.